The van der Waals surface area contributed by atoms with Gasteiger partial charge in [-0.1, -0.05) is 0 Å². The Hall–Kier alpha value is -1.56. The standard InChI is InChI=1S/C9H10N2O3S/c12-8(13)6-3-4-7(15-6)11-9(14)10-5-1-2-5/h3-5H,1-2H2,(H,12,13)(H2,10,11,14). The third-order valence-corrected chi connectivity index (χ3v) is 2.95. The van der Waals surface area contributed by atoms with E-state index in [1.54, 1.807) is 6.07 Å². The predicted octanol–water partition coefficient (Wildman–Crippen LogP) is 1.73. The summed E-state index contributed by atoms with van der Waals surface area (Å²) < 4.78 is 0. The molecular formula is C9H10N2O3S. The van der Waals surface area contributed by atoms with Crippen molar-refractivity contribution in [2.45, 2.75) is 18.9 Å². The van der Waals surface area contributed by atoms with E-state index in [0.717, 1.165) is 24.2 Å². The SMILES string of the molecule is O=C(Nc1ccc(C(=O)O)s1)NC1CC1. The minimum absolute atomic E-state index is 0.219. The number of hydrogen-bond donors (Lipinski definition) is 3. The van der Waals surface area contributed by atoms with E-state index in [-0.39, 0.29) is 10.9 Å². The molecule has 1 aliphatic rings. The van der Waals surface area contributed by atoms with Gasteiger partial charge >= 0.3 is 12.0 Å². The van der Waals surface area contributed by atoms with Crippen LogP contribution in [0, 0.1) is 0 Å². The molecule has 1 aliphatic carbocycles. The van der Waals surface area contributed by atoms with Crippen molar-refractivity contribution in [1.29, 1.82) is 0 Å². The van der Waals surface area contributed by atoms with Gasteiger partial charge in [-0.3, -0.25) is 5.32 Å². The fourth-order valence-corrected chi connectivity index (χ4v) is 1.82. The molecule has 1 aromatic rings. The molecule has 0 unspecified atom stereocenters. The van der Waals surface area contributed by atoms with Crippen molar-refractivity contribution in [3.8, 4) is 0 Å². The molecule has 0 atom stereocenters. The average Bonchev–Trinajstić information content (AvgIpc) is 2.82. The van der Waals surface area contributed by atoms with Gasteiger partial charge in [-0.2, -0.15) is 0 Å². The summed E-state index contributed by atoms with van der Waals surface area (Å²) in [5, 5.41) is 14.6. The first-order valence-electron chi connectivity index (χ1n) is 4.56. The molecule has 0 spiro atoms. The van der Waals surface area contributed by atoms with Gasteiger partial charge < -0.3 is 10.4 Å². The molecule has 0 saturated heterocycles. The van der Waals surface area contributed by atoms with Gasteiger partial charge in [0.25, 0.3) is 0 Å². The molecule has 5 nitrogen and oxygen atoms in total. The van der Waals surface area contributed by atoms with Gasteiger partial charge in [0.1, 0.15) is 4.88 Å². The van der Waals surface area contributed by atoms with Crippen LogP contribution >= 0.6 is 11.3 Å². The summed E-state index contributed by atoms with van der Waals surface area (Å²) >= 11 is 1.05. The van der Waals surface area contributed by atoms with Gasteiger partial charge in [-0.05, 0) is 25.0 Å². The van der Waals surface area contributed by atoms with E-state index in [0.29, 0.717) is 11.0 Å². The summed E-state index contributed by atoms with van der Waals surface area (Å²) in [5.74, 6) is -0.976. The van der Waals surface area contributed by atoms with Crippen LogP contribution in [0.5, 0.6) is 0 Å². The van der Waals surface area contributed by atoms with E-state index in [2.05, 4.69) is 10.6 Å². The molecule has 2 rings (SSSR count). The van der Waals surface area contributed by atoms with Crippen LogP contribution < -0.4 is 10.6 Å². The molecule has 0 bridgehead atoms. The van der Waals surface area contributed by atoms with Gasteiger partial charge in [0.15, 0.2) is 0 Å². The van der Waals surface area contributed by atoms with Crippen LogP contribution in [0.1, 0.15) is 22.5 Å². The summed E-state index contributed by atoms with van der Waals surface area (Å²) in [6.07, 6.45) is 2.05. The van der Waals surface area contributed by atoms with Crippen molar-refractivity contribution < 1.29 is 14.7 Å². The van der Waals surface area contributed by atoms with Crippen LogP contribution in [0.15, 0.2) is 12.1 Å². The Balaban J connectivity index is 1.91. The van der Waals surface area contributed by atoms with Crippen molar-refractivity contribution in [1.82, 2.24) is 5.32 Å². The number of carboxylic acid groups (broad SMARTS) is 1. The van der Waals surface area contributed by atoms with Crippen LogP contribution in [0.3, 0.4) is 0 Å². The van der Waals surface area contributed by atoms with Crippen LogP contribution in [-0.4, -0.2) is 23.1 Å². The zero-order valence-corrected chi connectivity index (χ0v) is 8.63. The van der Waals surface area contributed by atoms with Gasteiger partial charge in [0, 0.05) is 6.04 Å². The molecule has 0 aromatic carbocycles. The second-order valence-electron chi connectivity index (χ2n) is 3.34. The number of amides is 2. The highest BCUT2D eigenvalue weighted by Crippen LogP contribution is 2.22. The number of nitrogens with one attached hydrogen (secondary N) is 2. The summed E-state index contributed by atoms with van der Waals surface area (Å²) in [6.45, 7) is 0. The minimum atomic E-state index is -0.976. The first kappa shape index (κ1) is 9.97. The number of rotatable bonds is 3. The van der Waals surface area contributed by atoms with E-state index < -0.39 is 5.97 Å². The van der Waals surface area contributed by atoms with Crippen LogP contribution in [0.4, 0.5) is 9.80 Å². The molecular weight excluding hydrogens is 216 g/mol. The smallest absolute Gasteiger partial charge is 0.345 e. The number of urea groups is 1. The monoisotopic (exact) mass is 226 g/mol. The lowest BCUT2D eigenvalue weighted by molar-refractivity contribution is 0.0702. The third kappa shape index (κ3) is 2.69. The highest BCUT2D eigenvalue weighted by Gasteiger charge is 2.23. The highest BCUT2D eigenvalue weighted by atomic mass is 32.1. The van der Waals surface area contributed by atoms with Gasteiger partial charge in [0.05, 0.1) is 5.00 Å². The molecule has 6 heteroatoms. The number of hydrogen-bond acceptors (Lipinski definition) is 3. The van der Waals surface area contributed by atoms with E-state index in [1.807, 2.05) is 0 Å². The molecule has 2 amide bonds. The fourth-order valence-electron chi connectivity index (χ4n) is 1.08. The largest absolute Gasteiger partial charge is 0.477 e. The van der Waals surface area contributed by atoms with E-state index in [1.165, 1.54) is 6.07 Å². The van der Waals surface area contributed by atoms with Gasteiger partial charge in [-0.15, -0.1) is 11.3 Å². The Bertz CT molecular complexity index is 398. The van der Waals surface area contributed by atoms with Crippen molar-refractivity contribution >= 4 is 28.3 Å². The zero-order chi connectivity index (χ0) is 10.8. The van der Waals surface area contributed by atoms with Crippen LogP contribution in [0.2, 0.25) is 0 Å². The molecule has 1 fully saturated rings. The first-order chi connectivity index (χ1) is 7.15. The van der Waals surface area contributed by atoms with E-state index >= 15 is 0 Å². The third-order valence-electron chi connectivity index (χ3n) is 1.97. The second-order valence-corrected chi connectivity index (χ2v) is 4.43. The lowest BCUT2D eigenvalue weighted by atomic mass is 10.5. The van der Waals surface area contributed by atoms with Crippen molar-refractivity contribution in [3.63, 3.8) is 0 Å². The average molecular weight is 226 g/mol. The number of thiophene rings is 1. The maximum absolute atomic E-state index is 11.3. The number of anilines is 1. The topological polar surface area (TPSA) is 78.4 Å². The molecule has 1 heterocycles. The minimum Gasteiger partial charge on any atom is -0.477 e. The molecule has 1 aromatic heterocycles. The van der Waals surface area contributed by atoms with Gasteiger partial charge in [-0.25, -0.2) is 9.59 Å². The molecule has 0 radical (unpaired) electrons. The Morgan fingerprint density at radius 1 is 1.40 bits per heavy atom. The Morgan fingerprint density at radius 2 is 2.13 bits per heavy atom. The van der Waals surface area contributed by atoms with Crippen LogP contribution in [-0.2, 0) is 0 Å². The van der Waals surface area contributed by atoms with Crippen LogP contribution in [0.25, 0.3) is 0 Å². The Morgan fingerprint density at radius 3 is 2.67 bits per heavy atom. The normalized spacial score (nSPS) is 14.7. The number of carbonyl (C=O) groups excluding carboxylic acids is 1. The lowest BCUT2D eigenvalue weighted by Gasteiger charge is -2.02. The highest BCUT2D eigenvalue weighted by molar-refractivity contribution is 7.18. The van der Waals surface area contributed by atoms with E-state index in [9.17, 15) is 9.59 Å². The quantitative estimate of drug-likeness (QED) is 0.734. The first-order valence-corrected chi connectivity index (χ1v) is 5.37. The number of carboxylic acids is 1. The molecule has 80 valence electrons. The molecule has 15 heavy (non-hydrogen) atoms. The maximum atomic E-state index is 11.3. The summed E-state index contributed by atoms with van der Waals surface area (Å²) in [6, 6.07) is 3.08. The van der Waals surface area contributed by atoms with Crippen molar-refractivity contribution in [2.24, 2.45) is 0 Å². The van der Waals surface area contributed by atoms with Gasteiger partial charge in [0.2, 0.25) is 0 Å². The zero-order valence-electron chi connectivity index (χ0n) is 7.82. The summed E-state index contributed by atoms with van der Waals surface area (Å²) in [4.78, 5) is 22.1. The Labute approximate surface area is 90.1 Å². The molecule has 0 aliphatic heterocycles. The van der Waals surface area contributed by atoms with E-state index in [4.69, 9.17) is 5.11 Å². The van der Waals surface area contributed by atoms with Crippen molar-refractivity contribution in [2.75, 3.05) is 5.32 Å². The lowest BCUT2D eigenvalue weighted by Crippen LogP contribution is -2.29. The Kier molecular flexibility index (Phi) is 2.59. The molecule has 3 N–H and O–H groups in total. The molecule has 1 saturated carbocycles. The van der Waals surface area contributed by atoms with Crippen molar-refractivity contribution in [3.05, 3.63) is 17.0 Å². The predicted molar refractivity (Wildman–Crippen MR) is 56.5 cm³/mol. The summed E-state index contributed by atoms with van der Waals surface area (Å²) in [7, 11) is 0. The second kappa shape index (κ2) is 3.90. The summed E-state index contributed by atoms with van der Waals surface area (Å²) in [5.41, 5.74) is 0. The maximum Gasteiger partial charge on any atom is 0.345 e. The number of carbonyl (C=O) groups is 2. The fraction of sp³-hybridized carbons (Fsp3) is 0.333. The number of aromatic carboxylic acids is 1.